The van der Waals surface area contributed by atoms with Crippen molar-refractivity contribution in [2.45, 2.75) is 13.3 Å². The number of rotatable bonds is 6. The van der Waals surface area contributed by atoms with E-state index in [4.69, 9.17) is 6.42 Å². The monoisotopic (exact) mass is 277 g/mol. The highest BCUT2D eigenvalue weighted by atomic mass is 16.6. The number of nitrogens with zero attached hydrogens (tertiary/aromatic N) is 3. The predicted molar refractivity (Wildman–Crippen MR) is 73.6 cm³/mol. The molecular formula is C13H15N3O4. The first-order chi connectivity index (χ1) is 9.54. The van der Waals surface area contributed by atoms with Crippen LogP contribution in [0.25, 0.3) is 0 Å². The summed E-state index contributed by atoms with van der Waals surface area (Å²) in [5.74, 6) is 1.85. The Morgan fingerprint density at radius 3 is 2.80 bits per heavy atom. The Balaban J connectivity index is 3.33. The zero-order valence-corrected chi connectivity index (χ0v) is 11.3. The van der Waals surface area contributed by atoms with Crippen LogP contribution in [0.3, 0.4) is 0 Å². The third-order valence-corrected chi connectivity index (χ3v) is 2.52. The molecule has 0 saturated heterocycles. The molecule has 20 heavy (non-hydrogen) atoms. The van der Waals surface area contributed by atoms with Gasteiger partial charge in [-0.05, 0) is 12.5 Å². The van der Waals surface area contributed by atoms with Crippen LogP contribution in [0.2, 0.25) is 0 Å². The number of anilines is 1. The second-order valence-electron chi connectivity index (χ2n) is 3.91. The molecule has 7 heteroatoms. The molecule has 1 rings (SSSR count). The van der Waals surface area contributed by atoms with E-state index in [1.165, 1.54) is 19.2 Å². The van der Waals surface area contributed by atoms with Gasteiger partial charge in [0.2, 0.25) is 5.82 Å². The standard InChI is InChI=1S/C13H15N3O4/c1-4-8-15(9-5-2)12-11(16(18)19)7-6-10(14-12)13(17)20-3/h1,6-7H,5,8-9H2,2-3H3. The van der Waals surface area contributed by atoms with Crippen molar-refractivity contribution in [1.82, 2.24) is 4.98 Å². The van der Waals surface area contributed by atoms with Crippen LogP contribution in [-0.4, -0.2) is 36.1 Å². The van der Waals surface area contributed by atoms with Gasteiger partial charge in [-0.25, -0.2) is 9.78 Å². The molecule has 0 atom stereocenters. The van der Waals surface area contributed by atoms with Gasteiger partial charge >= 0.3 is 11.7 Å². The molecule has 0 amide bonds. The smallest absolute Gasteiger partial charge is 0.356 e. The van der Waals surface area contributed by atoms with E-state index in [1.54, 1.807) is 4.90 Å². The maximum atomic E-state index is 11.5. The van der Waals surface area contributed by atoms with E-state index in [0.717, 1.165) is 6.42 Å². The highest BCUT2D eigenvalue weighted by Gasteiger charge is 2.23. The minimum Gasteiger partial charge on any atom is -0.464 e. The van der Waals surface area contributed by atoms with Crippen LogP contribution in [0.1, 0.15) is 23.8 Å². The number of ether oxygens (including phenoxy) is 1. The average molecular weight is 277 g/mol. The van der Waals surface area contributed by atoms with Crippen molar-refractivity contribution in [3.05, 3.63) is 27.9 Å². The molecule has 0 unspecified atom stereocenters. The molecular weight excluding hydrogens is 262 g/mol. The van der Waals surface area contributed by atoms with Gasteiger partial charge in [-0.15, -0.1) is 6.42 Å². The minimum atomic E-state index is -0.654. The van der Waals surface area contributed by atoms with E-state index in [-0.39, 0.29) is 23.7 Å². The molecule has 1 heterocycles. The van der Waals surface area contributed by atoms with Gasteiger partial charge in [0.05, 0.1) is 18.6 Å². The number of pyridine rings is 1. The van der Waals surface area contributed by atoms with Crippen LogP contribution in [-0.2, 0) is 4.74 Å². The summed E-state index contributed by atoms with van der Waals surface area (Å²) >= 11 is 0. The normalized spacial score (nSPS) is 9.65. The molecule has 0 saturated carbocycles. The molecule has 1 aromatic rings. The number of hydrogen-bond acceptors (Lipinski definition) is 6. The van der Waals surface area contributed by atoms with Crippen molar-refractivity contribution in [1.29, 1.82) is 0 Å². The summed E-state index contributed by atoms with van der Waals surface area (Å²) < 4.78 is 4.56. The van der Waals surface area contributed by atoms with Crippen LogP contribution >= 0.6 is 0 Å². The molecule has 7 nitrogen and oxygen atoms in total. The van der Waals surface area contributed by atoms with E-state index in [9.17, 15) is 14.9 Å². The zero-order chi connectivity index (χ0) is 15.1. The van der Waals surface area contributed by atoms with Gasteiger partial charge in [-0.3, -0.25) is 10.1 Å². The molecule has 106 valence electrons. The molecule has 1 aromatic heterocycles. The summed E-state index contributed by atoms with van der Waals surface area (Å²) in [6.07, 6.45) is 6.01. The first kappa shape index (κ1) is 15.4. The van der Waals surface area contributed by atoms with Crippen molar-refractivity contribution in [3.63, 3.8) is 0 Å². The van der Waals surface area contributed by atoms with Gasteiger partial charge in [-0.1, -0.05) is 12.8 Å². The molecule has 0 spiro atoms. The summed E-state index contributed by atoms with van der Waals surface area (Å²) in [4.78, 5) is 27.6. The average Bonchev–Trinajstić information content (AvgIpc) is 2.45. The van der Waals surface area contributed by atoms with Crippen molar-refractivity contribution < 1.29 is 14.5 Å². The molecule has 0 bridgehead atoms. The Hall–Kier alpha value is -2.62. The molecule has 0 aliphatic carbocycles. The second kappa shape index (κ2) is 7.09. The number of nitro groups is 1. The molecule has 0 aliphatic rings. The van der Waals surface area contributed by atoms with Gasteiger partial charge in [0, 0.05) is 12.6 Å². The van der Waals surface area contributed by atoms with E-state index in [2.05, 4.69) is 15.6 Å². The van der Waals surface area contributed by atoms with Crippen LogP contribution in [0.5, 0.6) is 0 Å². The van der Waals surface area contributed by atoms with Crippen LogP contribution in [0.15, 0.2) is 12.1 Å². The van der Waals surface area contributed by atoms with Crippen molar-refractivity contribution >= 4 is 17.5 Å². The lowest BCUT2D eigenvalue weighted by atomic mass is 10.3. The summed E-state index contributed by atoms with van der Waals surface area (Å²) in [6.45, 7) is 2.59. The topological polar surface area (TPSA) is 85.6 Å². The first-order valence-corrected chi connectivity index (χ1v) is 5.97. The summed E-state index contributed by atoms with van der Waals surface area (Å²) in [7, 11) is 1.22. The largest absolute Gasteiger partial charge is 0.464 e. The predicted octanol–water partition coefficient (Wildman–Crippen LogP) is 1.63. The summed E-state index contributed by atoms with van der Waals surface area (Å²) in [5.41, 5.74) is -0.187. The Morgan fingerprint density at radius 2 is 2.30 bits per heavy atom. The van der Waals surface area contributed by atoms with Gasteiger partial charge in [0.25, 0.3) is 0 Å². The second-order valence-corrected chi connectivity index (χ2v) is 3.91. The number of aromatic nitrogens is 1. The molecule has 0 fully saturated rings. The van der Waals surface area contributed by atoms with Crippen LogP contribution < -0.4 is 4.90 Å². The Labute approximate surface area is 116 Å². The number of carbonyl (C=O) groups is 1. The number of terminal acetylenes is 1. The third kappa shape index (κ3) is 3.45. The summed E-state index contributed by atoms with van der Waals surface area (Å²) in [5, 5.41) is 11.1. The summed E-state index contributed by atoms with van der Waals surface area (Å²) in [6, 6.07) is 2.49. The van der Waals surface area contributed by atoms with E-state index in [0.29, 0.717) is 6.54 Å². The number of carbonyl (C=O) groups excluding carboxylic acids is 1. The van der Waals surface area contributed by atoms with E-state index in [1.807, 2.05) is 6.92 Å². The quantitative estimate of drug-likeness (QED) is 0.340. The third-order valence-electron chi connectivity index (χ3n) is 2.52. The van der Waals surface area contributed by atoms with Gasteiger partial charge in [0.15, 0.2) is 5.69 Å². The number of hydrogen-bond donors (Lipinski definition) is 0. The highest BCUT2D eigenvalue weighted by Crippen LogP contribution is 2.26. The fourth-order valence-electron chi connectivity index (χ4n) is 1.67. The lowest BCUT2D eigenvalue weighted by Gasteiger charge is -2.20. The number of esters is 1. The van der Waals surface area contributed by atoms with Crippen molar-refractivity contribution in [2.24, 2.45) is 0 Å². The maximum Gasteiger partial charge on any atom is 0.356 e. The number of methoxy groups -OCH3 is 1. The SMILES string of the molecule is C#CCN(CCC)c1nc(C(=O)OC)ccc1[N+](=O)[O-]. The first-order valence-electron chi connectivity index (χ1n) is 5.97. The molecule has 0 N–H and O–H groups in total. The lowest BCUT2D eigenvalue weighted by Crippen LogP contribution is -2.27. The van der Waals surface area contributed by atoms with Gasteiger partial charge < -0.3 is 9.64 Å². The lowest BCUT2D eigenvalue weighted by molar-refractivity contribution is -0.384. The Kier molecular flexibility index (Phi) is 5.47. The van der Waals surface area contributed by atoms with Gasteiger partial charge in [-0.2, -0.15) is 0 Å². The Morgan fingerprint density at radius 1 is 1.60 bits per heavy atom. The molecule has 0 radical (unpaired) electrons. The highest BCUT2D eigenvalue weighted by molar-refractivity contribution is 5.88. The fourth-order valence-corrected chi connectivity index (χ4v) is 1.67. The van der Waals surface area contributed by atoms with Crippen molar-refractivity contribution in [2.75, 3.05) is 25.1 Å². The van der Waals surface area contributed by atoms with Gasteiger partial charge in [0.1, 0.15) is 0 Å². The minimum absolute atomic E-state index is 0.00576. The van der Waals surface area contributed by atoms with Crippen molar-refractivity contribution in [3.8, 4) is 12.3 Å². The zero-order valence-electron chi connectivity index (χ0n) is 11.3. The fraction of sp³-hybridized carbons (Fsp3) is 0.385. The van der Waals surface area contributed by atoms with E-state index < -0.39 is 10.9 Å². The maximum absolute atomic E-state index is 11.5. The molecule has 0 aliphatic heterocycles. The Bertz CT molecular complexity index is 551. The van der Waals surface area contributed by atoms with Crippen LogP contribution in [0.4, 0.5) is 11.5 Å². The molecule has 0 aromatic carbocycles. The van der Waals surface area contributed by atoms with Crippen LogP contribution in [0, 0.1) is 22.5 Å². The van der Waals surface area contributed by atoms with E-state index >= 15 is 0 Å².